The zero-order valence-corrected chi connectivity index (χ0v) is 10.5. The molecule has 0 fully saturated rings. The molecule has 1 aromatic carbocycles. The molecule has 1 heterocycles. The van der Waals surface area contributed by atoms with Gasteiger partial charge < -0.3 is 14.3 Å². The Hall–Kier alpha value is -1.88. The first-order valence-corrected chi connectivity index (χ1v) is 5.82. The highest BCUT2D eigenvalue weighted by atomic mass is 16.5. The molecule has 0 amide bonds. The van der Waals surface area contributed by atoms with E-state index in [1.165, 1.54) is 5.56 Å². The molecular formula is C13H16N2O3. The van der Waals surface area contributed by atoms with E-state index in [1.807, 2.05) is 32.0 Å². The number of aliphatic hydroxyl groups is 1. The minimum Gasteiger partial charge on any atom is -0.484 e. The van der Waals surface area contributed by atoms with Gasteiger partial charge in [-0.15, -0.1) is 10.2 Å². The maximum Gasteiger partial charge on any atom is 0.253 e. The molecule has 2 aromatic rings. The molecule has 5 heteroatoms. The van der Waals surface area contributed by atoms with Crippen molar-refractivity contribution in [2.45, 2.75) is 26.9 Å². The SMILES string of the molecule is Cc1cccc(OCc2nnc(CCO)o2)c1C. The molecule has 96 valence electrons. The lowest BCUT2D eigenvalue weighted by Crippen LogP contribution is -1.98. The lowest BCUT2D eigenvalue weighted by atomic mass is 10.1. The maximum absolute atomic E-state index is 8.74. The van der Waals surface area contributed by atoms with Gasteiger partial charge in [0.05, 0.1) is 6.61 Å². The lowest BCUT2D eigenvalue weighted by molar-refractivity contribution is 0.248. The van der Waals surface area contributed by atoms with E-state index < -0.39 is 0 Å². The monoisotopic (exact) mass is 248 g/mol. The topological polar surface area (TPSA) is 68.4 Å². The van der Waals surface area contributed by atoms with Crippen molar-refractivity contribution in [1.82, 2.24) is 10.2 Å². The minimum absolute atomic E-state index is 0.000517. The molecule has 0 bridgehead atoms. The van der Waals surface area contributed by atoms with Gasteiger partial charge in [-0.2, -0.15) is 0 Å². The molecule has 0 radical (unpaired) electrons. The van der Waals surface area contributed by atoms with Gasteiger partial charge in [0.15, 0.2) is 6.61 Å². The van der Waals surface area contributed by atoms with Gasteiger partial charge in [0.1, 0.15) is 5.75 Å². The predicted molar refractivity (Wildman–Crippen MR) is 65.3 cm³/mol. The molecule has 18 heavy (non-hydrogen) atoms. The lowest BCUT2D eigenvalue weighted by Gasteiger charge is -2.08. The molecule has 0 aliphatic rings. The van der Waals surface area contributed by atoms with E-state index in [0.29, 0.717) is 18.2 Å². The summed E-state index contributed by atoms with van der Waals surface area (Å²) in [5, 5.41) is 16.4. The van der Waals surface area contributed by atoms with Crippen molar-refractivity contribution >= 4 is 0 Å². The molecule has 0 spiro atoms. The molecule has 0 saturated carbocycles. The quantitative estimate of drug-likeness (QED) is 0.873. The summed E-state index contributed by atoms with van der Waals surface area (Å²) in [6.45, 7) is 4.28. The fraction of sp³-hybridized carbons (Fsp3) is 0.385. The summed E-state index contributed by atoms with van der Waals surface area (Å²) in [7, 11) is 0. The number of benzene rings is 1. The zero-order valence-electron chi connectivity index (χ0n) is 10.5. The normalized spacial score (nSPS) is 10.6. The first-order chi connectivity index (χ1) is 8.70. The van der Waals surface area contributed by atoms with Gasteiger partial charge in [-0.05, 0) is 31.0 Å². The van der Waals surface area contributed by atoms with Crippen molar-refractivity contribution in [2.24, 2.45) is 0 Å². The van der Waals surface area contributed by atoms with Crippen LogP contribution in [0.1, 0.15) is 22.9 Å². The zero-order chi connectivity index (χ0) is 13.0. The number of rotatable bonds is 5. The molecule has 5 nitrogen and oxygen atoms in total. The Morgan fingerprint density at radius 3 is 2.78 bits per heavy atom. The molecule has 0 unspecified atom stereocenters. The van der Waals surface area contributed by atoms with Crippen LogP contribution in [0.4, 0.5) is 0 Å². The molecule has 0 saturated heterocycles. The predicted octanol–water partition coefficient (Wildman–Crippen LogP) is 1.80. The molecule has 2 rings (SSSR count). The number of aryl methyl sites for hydroxylation is 1. The standard InChI is InChI=1S/C13H16N2O3/c1-9-4-3-5-11(10(9)2)17-8-13-15-14-12(18-13)6-7-16/h3-5,16H,6-8H2,1-2H3. The summed E-state index contributed by atoms with van der Waals surface area (Å²) in [4.78, 5) is 0. The van der Waals surface area contributed by atoms with Crippen LogP contribution in [0.5, 0.6) is 5.75 Å². The third-order valence-electron chi connectivity index (χ3n) is 2.74. The van der Waals surface area contributed by atoms with Gasteiger partial charge in [0.2, 0.25) is 5.89 Å². The largest absolute Gasteiger partial charge is 0.484 e. The van der Waals surface area contributed by atoms with Gasteiger partial charge in [0.25, 0.3) is 5.89 Å². The highest BCUT2D eigenvalue weighted by Crippen LogP contribution is 2.21. The third kappa shape index (κ3) is 2.87. The molecule has 1 N–H and O–H groups in total. The van der Waals surface area contributed by atoms with Crippen molar-refractivity contribution in [3.05, 3.63) is 41.1 Å². The highest BCUT2D eigenvalue weighted by Gasteiger charge is 2.07. The van der Waals surface area contributed by atoms with Crippen LogP contribution in [-0.2, 0) is 13.0 Å². The number of aromatic nitrogens is 2. The summed E-state index contributed by atoms with van der Waals surface area (Å²) in [6, 6.07) is 5.89. The Kier molecular flexibility index (Phi) is 3.94. The Bertz CT molecular complexity index is 523. The number of hydrogen-bond donors (Lipinski definition) is 1. The number of ether oxygens (including phenoxy) is 1. The average Bonchev–Trinajstić information content (AvgIpc) is 2.79. The Labute approximate surface area is 105 Å². The molecule has 0 aliphatic carbocycles. The van der Waals surface area contributed by atoms with E-state index in [4.69, 9.17) is 14.3 Å². The van der Waals surface area contributed by atoms with Crippen molar-refractivity contribution < 1.29 is 14.3 Å². The van der Waals surface area contributed by atoms with E-state index in [2.05, 4.69) is 10.2 Å². The van der Waals surface area contributed by atoms with Crippen LogP contribution in [0.25, 0.3) is 0 Å². The fourth-order valence-corrected chi connectivity index (χ4v) is 1.56. The van der Waals surface area contributed by atoms with Gasteiger partial charge >= 0.3 is 0 Å². The van der Waals surface area contributed by atoms with Crippen molar-refractivity contribution in [2.75, 3.05) is 6.61 Å². The number of nitrogens with zero attached hydrogens (tertiary/aromatic N) is 2. The van der Waals surface area contributed by atoms with Crippen LogP contribution < -0.4 is 4.74 Å². The van der Waals surface area contributed by atoms with Crippen molar-refractivity contribution in [3.63, 3.8) is 0 Å². The molecule has 0 aliphatic heterocycles. The van der Waals surface area contributed by atoms with Gasteiger partial charge in [-0.25, -0.2) is 0 Å². The maximum atomic E-state index is 8.74. The van der Waals surface area contributed by atoms with Crippen LogP contribution in [0.3, 0.4) is 0 Å². The summed E-state index contributed by atoms with van der Waals surface area (Å²) in [5.74, 6) is 1.66. The second-order valence-corrected chi connectivity index (χ2v) is 4.05. The van der Waals surface area contributed by atoms with Crippen LogP contribution in [-0.4, -0.2) is 21.9 Å². The molecular weight excluding hydrogens is 232 g/mol. The van der Waals surface area contributed by atoms with Gasteiger partial charge in [0, 0.05) is 6.42 Å². The van der Waals surface area contributed by atoms with Gasteiger partial charge in [-0.3, -0.25) is 0 Å². The second-order valence-electron chi connectivity index (χ2n) is 4.05. The van der Waals surface area contributed by atoms with Crippen molar-refractivity contribution in [3.8, 4) is 5.75 Å². The number of aliphatic hydroxyl groups excluding tert-OH is 1. The summed E-state index contributed by atoms with van der Waals surface area (Å²) >= 11 is 0. The average molecular weight is 248 g/mol. The van der Waals surface area contributed by atoms with Crippen LogP contribution in [0.2, 0.25) is 0 Å². The minimum atomic E-state index is -0.000517. The number of hydrogen-bond acceptors (Lipinski definition) is 5. The third-order valence-corrected chi connectivity index (χ3v) is 2.74. The van der Waals surface area contributed by atoms with E-state index in [0.717, 1.165) is 11.3 Å². The fourth-order valence-electron chi connectivity index (χ4n) is 1.56. The van der Waals surface area contributed by atoms with E-state index in [1.54, 1.807) is 0 Å². The Morgan fingerprint density at radius 2 is 2.00 bits per heavy atom. The van der Waals surface area contributed by atoms with Crippen molar-refractivity contribution in [1.29, 1.82) is 0 Å². The van der Waals surface area contributed by atoms with E-state index in [9.17, 15) is 0 Å². The first-order valence-electron chi connectivity index (χ1n) is 5.82. The smallest absolute Gasteiger partial charge is 0.253 e. The molecule has 0 atom stereocenters. The Balaban J connectivity index is 2.00. The molecule has 1 aromatic heterocycles. The van der Waals surface area contributed by atoms with Gasteiger partial charge in [-0.1, -0.05) is 12.1 Å². The first kappa shape index (κ1) is 12.6. The van der Waals surface area contributed by atoms with Crippen LogP contribution >= 0.6 is 0 Å². The highest BCUT2D eigenvalue weighted by molar-refractivity contribution is 5.38. The van der Waals surface area contributed by atoms with Crippen LogP contribution in [0, 0.1) is 13.8 Å². The van der Waals surface area contributed by atoms with E-state index >= 15 is 0 Å². The summed E-state index contributed by atoms with van der Waals surface area (Å²) in [5.41, 5.74) is 2.28. The summed E-state index contributed by atoms with van der Waals surface area (Å²) in [6.07, 6.45) is 0.372. The van der Waals surface area contributed by atoms with E-state index in [-0.39, 0.29) is 13.2 Å². The second kappa shape index (κ2) is 5.64. The Morgan fingerprint density at radius 1 is 1.22 bits per heavy atom. The van der Waals surface area contributed by atoms with Crippen LogP contribution in [0.15, 0.2) is 22.6 Å². The summed E-state index contributed by atoms with van der Waals surface area (Å²) < 4.78 is 10.9.